The van der Waals surface area contributed by atoms with Gasteiger partial charge in [0.2, 0.25) is 0 Å². The highest BCUT2D eigenvalue weighted by Gasteiger charge is 2.38. The number of carbonyl (C=O) groups is 2. The van der Waals surface area contributed by atoms with Crippen molar-refractivity contribution in [2.75, 3.05) is 33.2 Å². The van der Waals surface area contributed by atoms with E-state index in [-0.39, 0.29) is 6.03 Å². The monoisotopic (exact) mass is 391 g/mol. The average Bonchev–Trinajstić information content (AvgIpc) is 3.25. The molecule has 1 aromatic rings. The molecule has 2 amide bonds. The van der Waals surface area contributed by atoms with E-state index < -0.39 is 12.1 Å². The van der Waals surface area contributed by atoms with Crippen LogP contribution in [-0.4, -0.2) is 76.1 Å². The van der Waals surface area contributed by atoms with Gasteiger partial charge in [-0.05, 0) is 32.4 Å². The second kappa shape index (κ2) is 9.07. The van der Waals surface area contributed by atoms with E-state index in [4.69, 9.17) is 9.90 Å². The number of alkyl halides is 3. The van der Waals surface area contributed by atoms with Crippen LogP contribution in [0.3, 0.4) is 0 Å². The average molecular weight is 391 g/mol. The Hall–Kier alpha value is -2.30. The lowest BCUT2D eigenvalue weighted by Gasteiger charge is -2.31. The molecular formula is C16H24F3N5O3. The van der Waals surface area contributed by atoms with Gasteiger partial charge < -0.3 is 15.3 Å². The molecule has 0 spiro atoms. The van der Waals surface area contributed by atoms with Crippen LogP contribution in [0.1, 0.15) is 31.0 Å². The zero-order valence-corrected chi connectivity index (χ0v) is 15.1. The van der Waals surface area contributed by atoms with Crippen molar-refractivity contribution in [1.29, 1.82) is 0 Å². The summed E-state index contributed by atoms with van der Waals surface area (Å²) in [5, 5.41) is 14.6. The van der Waals surface area contributed by atoms with Gasteiger partial charge in [-0.2, -0.15) is 18.3 Å². The van der Waals surface area contributed by atoms with Gasteiger partial charge in [-0.1, -0.05) is 0 Å². The van der Waals surface area contributed by atoms with E-state index in [1.54, 1.807) is 0 Å². The topological polar surface area (TPSA) is 90.7 Å². The minimum atomic E-state index is -5.08. The fourth-order valence-corrected chi connectivity index (χ4v) is 3.17. The Morgan fingerprint density at radius 1 is 1.33 bits per heavy atom. The number of likely N-dealkylation sites (tertiary alicyclic amines) is 1. The number of nitrogens with zero attached hydrogens (tertiary/aromatic N) is 4. The Morgan fingerprint density at radius 3 is 2.56 bits per heavy atom. The van der Waals surface area contributed by atoms with Gasteiger partial charge in [-0.3, -0.25) is 9.58 Å². The molecule has 27 heavy (non-hydrogen) atoms. The number of aromatic nitrogens is 2. The second-order valence-corrected chi connectivity index (χ2v) is 6.64. The second-order valence-electron chi connectivity index (χ2n) is 6.64. The van der Waals surface area contributed by atoms with E-state index in [9.17, 15) is 18.0 Å². The number of carbonyl (C=O) groups excluding carboxylic acids is 1. The number of nitrogens with one attached hydrogen (secondary N) is 1. The van der Waals surface area contributed by atoms with Gasteiger partial charge in [0.15, 0.2) is 0 Å². The van der Waals surface area contributed by atoms with Crippen molar-refractivity contribution in [3.8, 4) is 0 Å². The Balaban J connectivity index is 0.000000321. The molecule has 1 atom stereocenters. The Kier molecular flexibility index (Phi) is 7.05. The third kappa shape index (κ3) is 6.12. The molecule has 0 radical (unpaired) electrons. The maximum Gasteiger partial charge on any atom is 0.490 e. The molecule has 8 nitrogen and oxygen atoms in total. The summed E-state index contributed by atoms with van der Waals surface area (Å²) in [4.78, 5) is 25.0. The molecule has 11 heteroatoms. The van der Waals surface area contributed by atoms with Crippen LogP contribution in [-0.2, 0) is 11.3 Å². The molecule has 1 aromatic heterocycles. The van der Waals surface area contributed by atoms with Crippen molar-refractivity contribution >= 4 is 12.0 Å². The molecule has 2 aliphatic rings. The van der Waals surface area contributed by atoms with Gasteiger partial charge in [0.1, 0.15) is 0 Å². The molecule has 2 aliphatic heterocycles. The van der Waals surface area contributed by atoms with E-state index in [2.05, 4.69) is 33.1 Å². The highest BCUT2D eigenvalue weighted by molar-refractivity contribution is 5.74. The van der Waals surface area contributed by atoms with Gasteiger partial charge in [-0.15, -0.1) is 0 Å². The highest BCUT2D eigenvalue weighted by Crippen LogP contribution is 2.21. The van der Waals surface area contributed by atoms with Gasteiger partial charge >= 0.3 is 18.2 Å². The summed E-state index contributed by atoms with van der Waals surface area (Å²) < 4.78 is 33.8. The number of urea groups is 1. The number of carboxylic acid groups (broad SMARTS) is 1. The summed E-state index contributed by atoms with van der Waals surface area (Å²) in [6.45, 7) is 4.47. The number of amides is 2. The minimum Gasteiger partial charge on any atom is -0.475 e. The summed E-state index contributed by atoms with van der Waals surface area (Å²) in [5.74, 6) is -2.76. The highest BCUT2D eigenvalue weighted by atomic mass is 19.4. The van der Waals surface area contributed by atoms with Crippen molar-refractivity contribution in [3.63, 3.8) is 0 Å². The third-order valence-electron chi connectivity index (χ3n) is 4.44. The van der Waals surface area contributed by atoms with Crippen LogP contribution >= 0.6 is 0 Å². The van der Waals surface area contributed by atoms with E-state index >= 15 is 0 Å². The van der Waals surface area contributed by atoms with Crippen LogP contribution in [0.25, 0.3) is 0 Å². The first kappa shape index (κ1) is 21.0. The van der Waals surface area contributed by atoms with Crippen molar-refractivity contribution in [3.05, 3.63) is 18.0 Å². The fraction of sp³-hybridized carbons (Fsp3) is 0.688. The molecule has 0 aromatic carbocycles. The third-order valence-corrected chi connectivity index (χ3v) is 4.44. The molecule has 3 heterocycles. The number of carboxylic acids is 1. The number of fused-ring (bicyclic) bond motifs is 1. The Bertz CT molecular complexity index is 643. The minimum absolute atomic E-state index is 0.0901. The summed E-state index contributed by atoms with van der Waals surface area (Å²) in [5.41, 5.74) is 1.26. The lowest BCUT2D eigenvalue weighted by Crippen LogP contribution is -2.40. The maximum absolute atomic E-state index is 11.9. The lowest BCUT2D eigenvalue weighted by atomic mass is 10.1. The van der Waals surface area contributed by atoms with E-state index in [1.807, 2.05) is 11.1 Å². The first-order chi connectivity index (χ1) is 12.7. The summed E-state index contributed by atoms with van der Waals surface area (Å²) in [7, 11) is 2.13. The van der Waals surface area contributed by atoms with E-state index in [0.717, 1.165) is 45.4 Å². The molecule has 2 N–H and O–H groups in total. The number of aliphatic carboxylic acids is 1. The van der Waals surface area contributed by atoms with Crippen molar-refractivity contribution < 1.29 is 27.9 Å². The predicted octanol–water partition coefficient (Wildman–Crippen LogP) is 1.70. The summed E-state index contributed by atoms with van der Waals surface area (Å²) >= 11 is 0. The molecule has 3 rings (SSSR count). The molecule has 1 saturated heterocycles. The predicted molar refractivity (Wildman–Crippen MR) is 90.1 cm³/mol. The van der Waals surface area contributed by atoms with Gasteiger partial charge in [0, 0.05) is 38.9 Å². The fourth-order valence-electron chi connectivity index (χ4n) is 3.17. The van der Waals surface area contributed by atoms with E-state index in [1.165, 1.54) is 5.69 Å². The molecule has 0 aliphatic carbocycles. The van der Waals surface area contributed by atoms with Crippen LogP contribution in [0.15, 0.2) is 12.3 Å². The Morgan fingerprint density at radius 2 is 1.96 bits per heavy atom. The molecule has 0 saturated carbocycles. The molecule has 1 fully saturated rings. The largest absolute Gasteiger partial charge is 0.490 e. The summed E-state index contributed by atoms with van der Waals surface area (Å²) in [6, 6.07) is 2.52. The lowest BCUT2D eigenvalue weighted by molar-refractivity contribution is -0.192. The van der Waals surface area contributed by atoms with Crippen LogP contribution in [0.5, 0.6) is 0 Å². The van der Waals surface area contributed by atoms with Crippen LogP contribution in [0.4, 0.5) is 18.0 Å². The Labute approximate surface area is 154 Å². The molecule has 0 bridgehead atoms. The molecule has 1 unspecified atom stereocenters. The van der Waals surface area contributed by atoms with Crippen molar-refractivity contribution in [2.45, 2.75) is 38.0 Å². The smallest absolute Gasteiger partial charge is 0.475 e. The standard InChI is InChI=1S/C14H23N5O.C2HF3O2/c1-17-10-12(19-13(11-17)5-7-16-19)4-6-15-14(20)18-8-2-3-9-18;3-2(4,5)1(6)7/h5,7,12H,2-4,6,8-11H2,1H3,(H,15,20);(H,6,7). The van der Waals surface area contributed by atoms with Crippen molar-refractivity contribution in [1.82, 2.24) is 24.9 Å². The SMILES string of the molecule is CN1Cc2ccnn2C(CCNC(=O)N2CCCC2)C1.O=C(O)C(F)(F)F. The number of rotatable bonds is 3. The zero-order valence-electron chi connectivity index (χ0n) is 15.1. The number of hydrogen-bond acceptors (Lipinski definition) is 4. The molecule has 152 valence electrons. The number of halogens is 3. The van der Waals surface area contributed by atoms with Crippen molar-refractivity contribution in [2.24, 2.45) is 0 Å². The van der Waals surface area contributed by atoms with Crippen LogP contribution < -0.4 is 5.32 Å². The van der Waals surface area contributed by atoms with Gasteiger partial charge in [-0.25, -0.2) is 9.59 Å². The van der Waals surface area contributed by atoms with Crippen LogP contribution in [0.2, 0.25) is 0 Å². The van der Waals surface area contributed by atoms with Gasteiger partial charge in [0.05, 0.1) is 11.7 Å². The number of hydrogen-bond donors (Lipinski definition) is 2. The van der Waals surface area contributed by atoms with Gasteiger partial charge in [0.25, 0.3) is 0 Å². The maximum atomic E-state index is 11.9. The number of likely N-dealkylation sites (N-methyl/N-ethyl adjacent to an activating group) is 1. The first-order valence-corrected chi connectivity index (χ1v) is 8.72. The van der Waals surface area contributed by atoms with Crippen LogP contribution in [0, 0.1) is 0 Å². The normalized spacial score (nSPS) is 19.9. The van der Waals surface area contributed by atoms with E-state index in [0.29, 0.717) is 12.6 Å². The first-order valence-electron chi connectivity index (χ1n) is 8.72. The molecular weight excluding hydrogens is 367 g/mol. The quantitative estimate of drug-likeness (QED) is 0.819. The zero-order chi connectivity index (χ0) is 20.0. The summed E-state index contributed by atoms with van der Waals surface area (Å²) in [6.07, 6.45) is -0.0160.